The van der Waals surface area contributed by atoms with E-state index >= 15 is 0 Å². The van der Waals surface area contributed by atoms with Gasteiger partial charge in [-0.3, -0.25) is 4.79 Å². The number of esters is 1. The standard InChI is InChI=1S/C10H15NO2/c1-4-13-10(12)6-9-7(2)5-8(3)11-9/h5,11H,4,6H2,1-3H3. The summed E-state index contributed by atoms with van der Waals surface area (Å²) in [4.78, 5) is 14.3. The Morgan fingerprint density at radius 3 is 2.69 bits per heavy atom. The normalized spacial score (nSPS) is 10.1. The monoisotopic (exact) mass is 181 g/mol. The Morgan fingerprint density at radius 1 is 1.54 bits per heavy atom. The van der Waals surface area contributed by atoms with Crippen molar-refractivity contribution in [3.8, 4) is 0 Å². The van der Waals surface area contributed by atoms with Gasteiger partial charge >= 0.3 is 5.97 Å². The molecule has 1 N–H and O–H groups in total. The molecule has 1 rings (SSSR count). The maximum atomic E-state index is 11.1. The molecular formula is C10H15NO2. The van der Waals surface area contributed by atoms with Gasteiger partial charge in [0.15, 0.2) is 0 Å². The zero-order valence-corrected chi connectivity index (χ0v) is 8.31. The van der Waals surface area contributed by atoms with Crippen molar-refractivity contribution < 1.29 is 9.53 Å². The Morgan fingerprint density at radius 2 is 2.23 bits per heavy atom. The zero-order valence-electron chi connectivity index (χ0n) is 8.31. The van der Waals surface area contributed by atoms with E-state index in [1.54, 1.807) is 0 Å². The van der Waals surface area contributed by atoms with E-state index in [9.17, 15) is 4.79 Å². The maximum absolute atomic E-state index is 11.1. The smallest absolute Gasteiger partial charge is 0.311 e. The van der Waals surface area contributed by atoms with E-state index in [0.29, 0.717) is 13.0 Å². The fourth-order valence-corrected chi connectivity index (χ4v) is 1.32. The molecule has 0 aromatic carbocycles. The SMILES string of the molecule is CCOC(=O)Cc1[nH]c(C)cc1C. The van der Waals surface area contributed by atoms with Crippen LogP contribution in [0.3, 0.4) is 0 Å². The Kier molecular flexibility index (Phi) is 3.12. The van der Waals surface area contributed by atoms with E-state index in [1.165, 1.54) is 0 Å². The number of ether oxygens (including phenoxy) is 1. The van der Waals surface area contributed by atoms with Crippen LogP contribution in [0.5, 0.6) is 0 Å². The lowest BCUT2D eigenvalue weighted by atomic mass is 10.2. The average Bonchev–Trinajstić information content (AvgIpc) is 2.30. The number of nitrogens with one attached hydrogen (secondary N) is 1. The zero-order chi connectivity index (χ0) is 9.84. The minimum absolute atomic E-state index is 0.174. The van der Waals surface area contributed by atoms with Crippen molar-refractivity contribution in [2.24, 2.45) is 0 Å². The van der Waals surface area contributed by atoms with Gasteiger partial charge in [0.25, 0.3) is 0 Å². The molecule has 0 atom stereocenters. The van der Waals surface area contributed by atoms with Gasteiger partial charge in [-0.15, -0.1) is 0 Å². The highest BCUT2D eigenvalue weighted by Gasteiger charge is 2.08. The van der Waals surface area contributed by atoms with E-state index in [4.69, 9.17) is 4.74 Å². The topological polar surface area (TPSA) is 42.1 Å². The molecule has 0 fully saturated rings. The van der Waals surface area contributed by atoms with Gasteiger partial charge in [0.05, 0.1) is 13.0 Å². The van der Waals surface area contributed by atoms with E-state index < -0.39 is 0 Å². The molecule has 3 nitrogen and oxygen atoms in total. The summed E-state index contributed by atoms with van der Waals surface area (Å²) in [5, 5.41) is 0. The summed E-state index contributed by atoms with van der Waals surface area (Å²) in [7, 11) is 0. The third-order valence-electron chi connectivity index (χ3n) is 1.88. The molecule has 0 unspecified atom stereocenters. The average molecular weight is 181 g/mol. The van der Waals surface area contributed by atoms with Crippen molar-refractivity contribution in [1.82, 2.24) is 4.98 Å². The summed E-state index contributed by atoms with van der Waals surface area (Å²) >= 11 is 0. The lowest BCUT2D eigenvalue weighted by Gasteiger charge is -2.00. The summed E-state index contributed by atoms with van der Waals surface area (Å²) in [6.45, 7) is 6.21. The van der Waals surface area contributed by atoms with Gasteiger partial charge in [-0.2, -0.15) is 0 Å². The first kappa shape index (κ1) is 9.84. The van der Waals surface area contributed by atoms with Crippen molar-refractivity contribution in [3.63, 3.8) is 0 Å². The molecule has 0 spiro atoms. The third-order valence-corrected chi connectivity index (χ3v) is 1.88. The number of aryl methyl sites for hydroxylation is 2. The number of carbonyl (C=O) groups is 1. The third kappa shape index (κ3) is 2.61. The quantitative estimate of drug-likeness (QED) is 0.722. The molecule has 13 heavy (non-hydrogen) atoms. The molecule has 0 radical (unpaired) electrons. The van der Waals surface area contributed by atoms with Gasteiger partial charge in [0.1, 0.15) is 0 Å². The number of hydrogen-bond donors (Lipinski definition) is 1. The Bertz CT molecular complexity index is 302. The fourth-order valence-electron chi connectivity index (χ4n) is 1.32. The first-order valence-corrected chi connectivity index (χ1v) is 4.44. The van der Waals surface area contributed by atoms with Gasteiger partial charge in [-0.25, -0.2) is 0 Å². The van der Waals surface area contributed by atoms with Crippen molar-refractivity contribution in [2.45, 2.75) is 27.2 Å². The number of hydrogen-bond acceptors (Lipinski definition) is 2. The highest BCUT2D eigenvalue weighted by atomic mass is 16.5. The van der Waals surface area contributed by atoms with Crippen LogP contribution in [0.25, 0.3) is 0 Å². The minimum atomic E-state index is -0.174. The van der Waals surface area contributed by atoms with E-state index in [2.05, 4.69) is 4.98 Å². The van der Waals surface area contributed by atoms with Gasteiger partial charge in [0, 0.05) is 11.4 Å². The maximum Gasteiger partial charge on any atom is 0.311 e. The molecule has 0 aliphatic rings. The summed E-state index contributed by atoms with van der Waals surface area (Å²) in [5.41, 5.74) is 3.15. The van der Waals surface area contributed by atoms with Crippen LogP contribution in [0.15, 0.2) is 6.07 Å². The molecule has 0 saturated carbocycles. The first-order chi connectivity index (χ1) is 6.13. The molecule has 0 amide bonds. The first-order valence-electron chi connectivity index (χ1n) is 4.44. The number of carbonyl (C=O) groups excluding carboxylic acids is 1. The number of rotatable bonds is 3. The molecular weight excluding hydrogens is 166 g/mol. The Balaban J connectivity index is 2.63. The van der Waals surface area contributed by atoms with E-state index in [1.807, 2.05) is 26.8 Å². The molecule has 1 aromatic heterocycles. The molecule has 0 aliphatic carbocycles. The lowest BCUT2D eigenvalue weighted by Crippen LogP contribution is -2.08. The summed E-state index contributed by atoms with van der Waals surface area (Å²) in [6, 6.07) is 2.02. The molecule has 0 saturated heterocycles. The summed E-state index contributed by atoms with van der Waals surface area (Å²) in [5.74, 6) is -0.174. The van der Waals surface area contributed by atoms with Crippen LogP contribution in [0.1, 0.15) is 23.9 Å². The predicted molar refractivity (Wildman–Crippen MR) is 50.6 cm³/mol. The minimum Gasteiger partial charge on any atom is -0.466 e. The van der Waals surface area contributed by atoms with Gasteiger partial charge in [-0.1, -0.05) is 0 Å². The second-order valence-corrected chi connectivity index (χ2v) is 3.10. The summed E-state index contributed by atoms with van der Waals surface area (Å²) in [6.07, 6.45) is 0.341. The van der Waals surface area contributed by atoms with Crippen LogP contribution in [-0.4, -0.2) is 17.6 Å². The second-order valence-electron chi connectivity index (χ2n) is 3.10. The molecule has 1 aromatic rings. The largest absolute Gasteiger partial charge is 0.466 e. The Labute approximate surface area is 78.1 Å². The number of aromatic nitrogens is 1. The summed E-state index contributed by atoms with van der Waals surface area (Å²) < 4.78 is 4.85. The predicted octanol–water partition coefficient (Wildman–Crippen LogP) is 1.74. The number of H-pyrrole nitrogens is 1. The Hall–Kier alpha value is -1.25. The fraction of sp³-hybridized carbons (Fsp3) is 0.500. The van der Waals surface area contributed by atoms with Gasteiger partial charge in [-0.05, 0) is 32.4 Å². The van der Waals surface area contributed by atoms with Gasteiger partial charge < -0.3 is 9.72 Å². The molecule has 1 heterocycles. The van der Waals surface area contributed by atoms with Crippen LogP contribution < -0.4 is 0 Å². The van der Waals surface area contributed by atoms with Crippen LogP contribution in [0, 0.1) is 13.8 Å². The number of aromatic amines is 1. The van der Waals surface area contributed by atoms with E-state index in [0.717, 1.165) is 17.0 Å². The van der Waals surface area contributed by atoms with Crippen LogP contribution in [-0.2, 0) is 16.0 Å². The molecule has 0 bridgehead atoms. The van der Waals surface area contributed by atoms with Crippen molar-refractivity contribution in [1.29, 1.82) is 0 Å². The molecule has 3 heteroatoms. The van der Waals surface area contributed by atoms with E-state index in [-0.39, 0.29) is 5.97 Å². The van der Waals surface area contributed by atoms with Crippen LogP contribution >= 0.6 is 0 Å². The lowest BCUT2D eigenvalue weighted by molar-refractivity contribution is -0.142. The van der Waals surface area contributed by atoms with Crippen LogP contribution in [0.2, 0.25) is 0 Å². The van der Waals surface area contributed by atoms with Gasteiger partial charge in [0.2, 0.25) is 0 Å². The van der Waals surface area contributed by atoms with Crippen LogP contribution in [0.4, 0.5) is 0 Å². The molecule has 72 valence electrons. The van der Waals surface area contributed by atoms with Crippen molar-refractivity contribution in [3.05, 3.63) is 23.0 Å². The highest BCUT2D eigenvalue weighted by molar-refractivity contribution is 5.72. The molecule has 0 aliphatic heterocycles. The second kappa shape index (κ2) is 4.12. The van der Waals surface area contributed by atoms with Crippen molar-refractivity contribution in [2.75, 3.05) is 6.61 Å². The highest BCUT2D eigenvalue weighted by Crippen LogP contribution is 2.09. The van der Waals surface area contributed by atoms with Crippen molar-refractivity contribution >= 4 is 5.97 Å².